The van der Waals surface area contributed by atoms with Crippen LogP contribution in [0.5, 0.6) is 0 Å². The Morgan fingerprint density at radius 3 is 2.26 bits per heavy atom. The van der Waals surface area contributed by atoms with E-state index in [0.717, 1.165) is 0 Å². The van der Waals surface area contributed by atoms with Crippen LogP contribution < -0.4 is 35.0 Å². The molecule has 1 amide bonds. The van der Waals surface area contributed by atoms with E-state index < -0.39 is 21.7 Å². The van der Waals surface area contributed by atoms with Crippen molar-refractivity contribution in [1.82, 2.24) is 9.79 Å². The molecular weight excluding hydrogens is 406 g/mol. The van der Waals surface area contributed by atoms with Crippen LogP contribution in [0.15, 0.2) is 53.4 Å². The van der Waals surface area contributed by atoms with Crippen molar-refractivity contribution in [2.45, 2.75) is 24.3 Å². The van der Waals surface area contributed by atoms with E-state index in [9.17, 15) is 17.6 Å². The summed E-state index contributed by atoms with van der Waals surface area (Å²) in [6.07, 6.45) is 0.174. The van der Waals surface area contributed by atoms with E-state index in [1.165, 1.54) is 58.3 Å². The monoisotopic (exact) mass is 423 g/mol. The molecule has 2 rings (SSSR count). The van der Waals surface area contributed by atoms with E-state index >= 15 is 0 Å². The van der Waals surface area contributed by atoms with Crippen LogP contribution >= 0.6 is 11.6 Å². The summed E-state index contributed by atoms with van der Waals surface area (Å²) in [6, 6.07) is 11.3. The normalized spacial score (nSPS) is 11.1. The van der Waals surface area contributed by atoms with Crippen LogP contribution in [0.4, 0.5) is 4.39 Å². The van der Waals surface area contributed by atoms with Crippen molar-refractivity contribution in [1.29, 1.82) is 0 Å². The minimum absolute atomic E-state index is 0. The number of sulfonamides is 1. The summed E-state index contributed by atoms with van der Waals surface area (Å²) in [7, 11) is -3.84. The van der Waals surface area contributed by atoms with Crippen LogP contribution in [0.2, 0.25) is 5.02 Å². The smallest absolute Gasteiger partial charge is 0.289 e. The summed E-state index contributed by atoms with van der Waals surface area (Å²) in [4.78, 5) is 11.2. The van der Waals surface area contributed by atoms with Gasteiger partial charge in [0.15, 0.2) is 0 Å². The standard InChI is InChI=1S/C17H18ClFN2O4S.Na/c18-14-5-9-16(10-6-14)26(24,25)21(11-1-2-17(22)20-23)12-13-3-7-15(19)8-4-13;/h3-10,23H,1-2,11-12H2,(H,20,22);/q;+1. The largest absolute Gasteiger partial charge is 1.00 e. The molecule has 0 saturated heterocycles. The molecule has 0 aliphatic rings. The molecule has 0 saturated carbocycles. The average Bonchev–Trinajstić information content (AvgIpc) is 2.62. The Bertz CT molecular complexity index is 848. The third-order valence-electron chi connectivity index (χ3n) is 3.66. The number of halogens is 2. The third kappa shape index (κ3) is 7.15. The molecule has 140 valence electrons. The van der Waals surface area contributed by atoms with Crippen LogP contribution in [0.3, 0.4) is 0 Å². The Kier molecular flexibility index (Phi) is 9.89. The van der Waals surface area contributed by atoms with E-state index in [-0.39, 0.29) is 60.4 Å². The van der Waals surface area contributed by atoms with E-state index in [1.807, 2.05) is 0 Å². The SMILES string of the molecule is O=C(CCCN(Cc1ccc(F)cc1)S(=O)(=O)c1ccc(Cl)cc1)NO.[Na+]. The maximum atomic E-state index is 13.1. The van der Waals surface area contributed by atoms with Crippen LogP contribution in [0.1, 0.15) is 18.4 Å². The van der Waals surface area contributed by atoms with Crippen molar-refractivity contribution in [3.8, 4) is 0 Å². The zero-order chi connectivity index (χ0) is 19.2. The fourth-order valence-corrected chi connectivity index (χ4v) is 3.90. The second kappa shape index (κ2) is 11.1. The molecule has 0 aliphatic carbocycles. The van der Waals surface area contributed by atoms with Crippen molar-refractivity contribution in [3.63, 3.8) is 0 Å². The Hall–Kier alpha value is -1.000. The first-order valence-electron chi connectivity index (χ1n) is 7.76. The molecule has 0 bridgehead atoms. The third-order valence-corrected chi connectivity index (χ3v) is 5.77. The fraction of sp³-hybridized carbons (Fsp3) is 0.235. The van der Waals surface area contributed by atoms with E-state index in [1.54, 1.807) is 0 Å². The number of hydrogen-bond donors (Lipinski definition) is 2. The Morgan fingerprint density at radius 1 is 1.11 bits per heavy atom. The number of amides is 1. The summed E-state index contributed by atoms with van der Waals surface area (Å²) in [5.41, 5.74) is 2.12. The first kappa shape index (κ1) is 24.0. The number of rotatable bonds is 8. The minimum atomic E-state index is -3.84. The van der Waals surface area contributed by atoms with Gasteiger partial charge in [-0.15, -0.1) is 0 Å². The molecule has 2 aromatic rings. The minimum Gasteiger partial charge on any atom is -0.289 e. The molecule has 10 heteroatoms. The molecule has 0 unspecified atom stereocenters. The molecule has 2 aromatic carbocycles. The van der Waals surface area contributed by atoms with Gasteiger partial charge in [-0.3, -0.25) is 10.0 Å². The second-order valence-corrected chi connectivity index (χ2v) is 7.93. The summed E-state index contributed by atoms with van der Waals surface area (Å²) in [5.74, 6) is -1.02. The van der Waals surface area contributed by atoms with Crippen LogP contribution in [-0.4, -0.2) is 30.4 Å². The summed E-state index contributed by atoms with van der Waals surface area (Å²) in [5, 5.41) is 8.96. The van der Waals surface area contributed by atoms with Gasteiger partial charge in [0, 0.05) is 24.5 Å². The molecule has 0 aliphatic heterocycles. The van der Waals surface area contributed by atoms with Gasteiger partial charge < -0.3 is 0 Å². The van der Waals surface area contributed by atoms with Crippen LogP contribution in [0, 0.1) is 5.82 Å². The summed E-state index contributed by atoms with van der Waals surface area (Å²) < 4.78 is 40.1. The predicted molar refractivity (Wildman–Crippen MR) is 94.6 cm³/mol. The quantitative estimate of drug-likeness (QED) is 0.354. The van der Waals surface area contributed by atoms with Gasteiger partial charge in [0.25, 0.3) is 0 Å². The molecule has 27 heavy (non-hydrogen) atoms. The maximum absolute atomic E-state index is 13.1. The average molecular weight is 424 g/mol. The molecule has 6 nitrogen and oxygen atoms in total. The number of hydroxylamine groups is 1. The fourth-order valence-electron chi connectivity index (χ4n) is 2.31. The first-order valence-corrected chi connectivity index (χ1v) is 9.58. The predicted octanol–water partition coefficient (Wildman–Crippen LogP) is -0.0404. The van der Waals surface area contributed by atoms with E-state index in [0.29, 0.717) is 10.6 Å². The summed E-state index contributed by atoms with van der Waals surface area (Å²) >= 11 is 5.81. The van der Waals surface area contributed by atoms with Crippen molar-refractivity contribution >= 4 is 27.5 Å². The topological polar surface area (TPSA) is 86.7 Å². The molecule has 0 aromatic heterocycles. The van der Waals surface area contributed by atoms with Crippen molar-refractivity contribution in [2.24, 2.45) is 0 Å². The molecule has 0 radical (unpaired) electrons. The van der Waals surface area contributed by atoms with Gasteiger partial charge in [-0.05, 0) is 48.4 Å². The number of carbonyl (C=O) groups excluding carboxylic acids is 1. The summed E-state index contributed by atoms with van der Waals surface area (Å²) in [6.45, 7) is 0.0712. The van der Waals surface area contributed by atoms with Gasteiger partial charge in [0.05, 0.1) is 4.90 Å². The van der Waals surface area contributed by atoms with Crippen LogP contribution in [-0.2, 0) is 21.4 Å². The first-order chi connectivity index (χ1) is 12.3. The van der Waals surface area contributed by atoms with Gasteiger partial charge in [-0.2, -0.15) is 4.31 Å². The van der Waals surface area contributed by atoms with E-state index in [4.69, 9.17) is 16.8 Å². The number of nitrogens with one attached hydrogen (secondary N) is 1. The van der Waals surface area contributed by atoms with Crippen molar-refractivity contribution in [3.05, 3.63) is 64.9 Å². The second-order valence-electron chi connectivity index (χ2n) is 5.56. The molecule has 0 fully saturated rings. The Balaban J connectivity index is 0.00000364. The van der Waals surface area contributed by atoms with Crippen molar-refractivity contribution < 1.29 is 52.4 Å². The Labute approximate surface area is 184 Å². The molecule has 2 N–H and O–H groups in total. The van der Waals surface area contributed by atoms with Crippen molar-refractivity contribution in [2.75, 3.05) is 6.54 Å². The molecular formula is C17H18ClFN2NaO4S+. The van der Waals surface area contributed by atoms with Crippen LogP contribution in [0.25, 0.3) is 0 Å². The zero-order valence-electron chi connectivity index (χ0n) is 14.7. The van der Waals surface area contributed by atoms with Gasteiger partial charge >= 0.3 is 29.6 Å². The zero-order valence-corrected chi connectivity index (χ0v) is 18.3. The number of nitrogens with zero attached hydrogens (tertiary/aromatic N) is 1. The van der Waals surface area contributed by atoms with E-state index in [2.05, 4.69) is 0 Å². The van der Waals surface area contributed by atoms with Gasteiger partial charge in [0.1, 0.15) is 5.82 Å². The van der Waals surface area contributed by atoms with Gasteiger partial charge in [0.2, 0.25) is 15.9 Å². The van der Waals surface area contributed by atoms with Gasteiger partial charge in [-0.25, -0.2) is 18.3 Å². The maximum Gasteiger partial charge on any atom is 1.00 e. The number of benzene rings is 2. The molecule has 0 heterocycles. The Morgan fingerprint density at radius 2 is 1.70 bits per heavy atom. The molecule has 0 spiro atoms. The molecule has 0 atom stereocenters. The number of carbonyl (C=O) groups is 1. The van der Waals surface area contributed by atoms with Gasteiger partial charge in [-0.1, -0.05) is 23.7 Å². The number of hydrogen-bond acceptors (Lipinski definition) is 4.